The Balaban J connectivity index is 1.49. The summed E-state index contributed by atoms with van der Waals surface area (Å²) in [6, 6.07) is 6.29. The smallest absolute Gasteiger partial charge is 0.266 e. The number of nitrogens with zero attached hydrogens (tertiary/aromatic N) is 6. The molecule has 0 unspecified atom stereocenters. The summed E-state index contributed by atoms with van der Waals surface area (Å²) in [5, 5.41) is 14.7. The third kappa shape index (κ3) is 4.02. The van der Waals surface area contributed by atoms with Gasteiger partial charge in [-0.2, -0.15) is 4.80 Å². The summed E-state index contributed by atoms with van der Waals surface area (Å²) in [6.07, 6.45) is 2.51. The minimum atomic E-state index is -0.926. The van der Waals surface area contributed by atoms with Crippen LogP contribution in [0.2, 0.25) is 0 Å². The Kier molecular flexibility index (Phi) is 5.21. The highest BCUT2D eigenvalue weighted by Crippen LogP contribution is 2.28. The summed E-state index contributed by atoms with van der Waals surface area (Å²) in [4.78, 5) is 20.0. The van der Waals surface area contributed by atoms with Gasteiger partial charge in [0.15, 0.2) is 0 Å². The van der Waals surface area contributed by atoms with Crippen molar-refractivity contribution in [1.29, 1.82) is 0 Å². The molecule has 1 N–H and O–H groups in total. The summed E-state index contributed by atoms with van der Waals surface area (Å²) in [5.74, 6) is -1.52. The molecule has 0 atom stereocenters. The third-order valence-corrected chi connectivity index (χ3v) is 4.93. The minimum Gasteiger partial charge on any atom is -0.334 e. The fraction of sp³-hybridized carbons (Fsp3) is 0.250. The van der Waals surface area contributed by atoms with E-state index in [4.69, 9.17) is 0 Å². The van der Waals surface area contributed by atoms with Gasteiger partial charge in [-0.15, -0.1) is 5.10 Å². The number of tetrazole rings is 1. The molecular formula is C20H19F2N7O. The molecule has 2 aromatic heterocycles. The first-order valence-electron chi connectivity index (χ1n) is 9.31. The minimum absolute atomic E-state index is 0.250. The van der Waals surface area contributed by atoms with Gasteiger partial charge >= 0.3 is 0 Å². The Morgan fingerprint density at radius 3 is 2.70 bits per heavy atom. The first kappa shape index (κ1) is 19.6. The van der Waals surface area contributed by atoms with Gasteiger partial charge in [-0.25, -0.2) is 13.8 Å². The molecule has 0 spiro atoms. The summed E-state index contributed by atoms with van der Waals surface area (Å²) in [7, 11) is 1.72. The molecular weight excluding hydrogens is 392 g/mol. The van der Waals surface area contributed by atoms with Gasteiger partial charge in [-0.1, -0.05) is 10.7 Å². The predicted octanol–water partition coefficient (Wildman–Crippen LogP) is 2.82. The lowest BCUT2D eigenvalue weighted by molar-refractivity contribution is 0.102. The molecule has 0 saturated heterocycles. The van der Waals surface area contributed by atoms with Crippen LogP contribution in [0.5, 0.6) is 0 Å². The van der Waals surface area contributed by atoms with Gasteiger partial charge in [-0.05, 0) is 54.0 Å². The van der Waals surface area contributed by atoms with Crippen molar-refractivity contribution in [3.8, 4) is 0 Å². The Bertz CT molecular complexity index is 1120. The second kappa shape index (κ2) is 7.97. The number of carbonyl (C=O) groups excluding carboxylic acids is 1. The monoisotopic (exact) mass is 411 g/mol. The highest BCUT2D eigenvalue weighted by Gasteiger charge is 2.21. The average molecular weight is 411 g/mol. The van der Waals surface area contributed by atoms with Crippen LogP contribution in [0.3, 0.4) is 0 Å². The molecule has 0 radical (unpaired) electrons. The van der Waals surface area contributed by atoms with E-state index in [1.54, 1.807) is 19.3 Å². The van der Waals surface area contributed by atoms with Crippen molar-refractivity contribution in [2.24, 2.45) is 7.05 Å². The van der Waals surface area contributed by atoms with E-state index in [-0.39, 0.29) is 11.4 Å². The molecule has 1 amide bonds. The maximum Gasteiger partial charge on any atom is 0.266 e. The highest BCUT2D eigenvalue weighted by molar-refractivity contribution is 6.04. The molecule has 1 aliphatic heterocycles. The molecule has 3 aromatic rings. The summed E-state index contributed by atoms with van der Waals surface area (Å²) < 4.78 is 26.8. The number of aromatic nitrogens is 5. The van der Waals surface area contributed by atoms with E-state index in [1.807, 2.05) is 11.0 Å². The van der Waals surface area contributed by atoms with Crippen molar-refractivity contribution in [1.82, 2.24) is 25.2 Å². The Morgan fingerprint density at radius 2 is 2.03 bits per heavy atom. The molecule has 0 fully saturated rings. The van der Waals surface area contributed by atoms with E-state index >= 15 is 0 Å². The molecule has 10 heteroatoms. The maximum atomic E-state index is 13.8. The number of hydrogen-bond donors (Lipinski definition) is 1. The van der Waals surface area contributed by atoms with Crippen LogP contribution in [-0.4, -0.2) is 44.2 Å². The van der Waals surface area contributed by atoms with Gasteiger partial charge in [0.1, 0.15) is 17.5 Å². The normalized spacial score (nSPS) is 14.2. The van der Waals surface area contributed by atoms with Crippen LogP contribution in [0, 0.1) is 11.6 Å². The summed E-state index contributed by atoms with van der Waals surface area (Å²) in [5.41, 5.74) is 3.00. The number of pyridine rings is 1. The number of amides is 1. The molecule has 154 valence electrons. The summed E-state index contributed by atoms with van der Waals surface area (Å²) >= 11 is 0. The molecule has 4 rings (SSSR count). The fourth-order valence-electron chi connectivity index (χ4n) is 3.27. The van der Waals surface area contributed by atoms with Crippen LogP contribution in [0.25, 0.3) is 5.57 Å². The van der Waals surface area contributed by atoms with Crippen molar-refractivity contribution < 1.29 is 13.6 Å². The fourth-order valence-corrected chi connectivity index (χ4v) is 3.27. The number of aryl methyl sites for hydroxylation is 1. The first-order valence-corrected chi connectivity index (χ1v) is 9.31. The molecule has 0 saturated carbocycles. The number of hydrogen-bond acceptors (Lipinski definition) is 6. The van der Waals surface area contributed by atoms with E-state index in [0.29, 0.717) is 18.6 Å². The molecule has 30 heavy (non-hydrogen) atoms. The lowest BCUT2D eigenvalue weighted by Gasteiger charge is -2.28. The quantitative estimate of drug-likeness (QED) is 0.710. The van der Waals surface area contributed by atoms with Crippen molar-refractivity contribution in [2.45, 2.75) is 13.3 Å². The second-order valence-electron chi connectivity index (χ2n) is 7.02. The number of carbonyl (C=O) groups is 1. The lowest BCUT2D eigenvalue weighted by atomic mass is 9.96. The van der Waals surface area contributed by atoms with Gasteiger partial charge in [-0.3, -0.25) is 4.79 Å². The van der Waals surface area contributed by atoms with E-state index in [0.717, 1.165) is 36.2 Å². The van der Waals surface area contributed by atoms with E-state index in [9.17, 15) is 13.6 Å². The highest BCUT2D eigenvalue weighted by atomic mass is 19.1. The molecule has 8 nitrogen and oxygen atoms in total. The summed E-state index contributed by atoms with van der Waals surface area (Å²) in [6.45, 7) is 3.49. The average Bonchev–Trinajstić information content (AvgIpc) is 3.15. The zero-order valence-electron chi connectivity index (χ0n) is 16.4. The molecule has 1 aromatic carbocycles. The van der Waals surface area contributed by atoms with Gasteiger partial charge < -0.3 is 10.2 Å². The Morgan fingerprint density at radius 1 is 1.20 bits per heavy atom. The maximum absolute atomic E-state index is 13.8. The Labute approximate surface area is 171 Å². The number of halogens is 2. The second-order valence-corrected chi connectivity index (χ2v) is 7.02. The van der Waals surface area contributed by atoms with Gasteiger partial charge in [0.25, 0.3) is 11.9 Å². The van der Waals surface area contributed by atoms with Crippen LogP contribution in [0.15, 0.2) is 42.1 Å². The lowest BCUT2D eigenvalue weighted by Crippen LogP contribution is -2.31. The number of nitrogens with one attached hydrogen (secondary N) is 1. The van der Waals surface area contributed by atoms with Gasteiger partial charge in [0.05, 0.1) is 12.6 Å². The van der Waals surface area contributed by atoms with E-state index < -0.39 is 17.5 Å². The molecule has 0 bridgehead atoms. The van der Waals surface area contributed by atoms with Crippen molar-refractivity contribution >= 4 is 23.2 Å². The standard InChI is InChI=1S/C20H19F2N7O/c1-12-7-8-29(20-25-27-28(2)26-20)11-16(12)13-3-6-18(23-10-13)24-19(30)15-5-4-14(21)9-17(15)22/h3-6,9-10H,7-8,11H2,1-2H3,(H,23,24,30). The number of benzene rings is 1. The molecule has 1 aliphatic rings. The number of rotatable bonds is 4. The zero-order valence-corrected chi connectivity index (χ0v) is 16.4. The van der Waals surface area contributed by atoms with Crippen LogP contribution in [0.1, 0.15) is 29.3 Å². The van der Waals surface area contributed by atoms with E-state index in [2.05, 4.69) is 32.6 Å². The SMILES string of the molecule is CC1=C(c2ccc(NC(=O)c3ccc(F)cc3F)nc2)CN(c2nnn(C)n2)CC1. The van der Waals surface area contributed by atoms with Crippen LogP contribution in [-0.2, 0) is 7.05 Å². The first-order chi connectivity index (χ1) is 14.4. The largest absolute Gasteiger partial charge is 0.334 e. The van der Waals surface area contributed by atoms with Crippen LogP contribution < -0.4 is 10.2 Å². The van der Waals surface area contributed by atoms with Crippen LogP contribution >= 0.6 is 0 Å². The van der Waals surface area contributed by atoms with Gasteiger partial charge in [0, 0.05) is 25.4 Å². The van der Waals surface area contributed by atoms with E-state index in [1.165, 1.54) is 10.4 Å². The van der Waals surface area contributed by atoms with Crippen molar-refractivity contribution in [3.05, 3.63) is 64.9 Å². The number of anilines is 2. The third-order valence-electron chi connectivity index (χ3n) is 4.93. The van der Waals surface area contributed by atoms with Crippen molar-refractivity contribution in [3.63, 3.8) is 0 Å². The van der Waals surface area contributed by atoms with Gasteiger partial charge in [0.2, 0.25) is 0 Å². The Hall–Kier alpha value is -3.69. The zero-order chi connectivity index (χ0) is 21.3. The van der Waals surface area contributed by atoms with Crippen LogP contribution in [0.4, 0.5) is 20.5 Å². The predicted molar refractivity (Wildman–Crippen MR) is 107 cm³/mol. The topological polar surface area (TPSA) is 88.8 Å². The molecule has 3 heterocycles. The van der Waals surface area contributed by atoms with Crippen molar-refractivity contribution in [2.75, 3.05) is 23.3 Å². The molecule has 0 aliphatic carbocycles.